The lowest BCUT2D eigenvalue weighted by Crippen LogP contribution is -2.38. The molecule has 1 aromatic carbocycles. The third-order valence-electron chi connectivity index (χ3n) is 5.26. The van der Waals surface area contributed by atoms with Gasteiger partial charge in [0.15, 0.2) is 10.7 Å². The molecule has 0 saturated carbocycles. The van der Waals surface area contributed by atoms with Crippen LogP contribution in [0.5, 0.6) is 0 Å². The average molecular weight is 388 g/mol. The van der Waals surface area contributed by atoms with E-state index in [4.69, 9.17) is 11.6 Å². The Labute approximate surface area is 162 Å². The van der Waals surface area contributed by atoms with E-state index in [-0.39, 0.29) is 11.7 Å². The van der Waals surface area contributed by atoms with Crippen LogP contribution in [0.3, 0.4) is 0 Å². The smallest absolute Gasteiger partial charge is 0.194 e. The molecule has 0 unspecified atom stereocenters. The molecule has 3 heterocycles. The molecule has 1 saturated heterocycles. The predicted octanol–water partition coefficient (Wildman–Crippen LogP) is 4.76. The van der Waals surface area contributed by atoms with Crippen LogP contribution in [0.25, 0.3) is 4.96 Å². The van der Waals surface area contributed by atoms with Crippen LogP contribution in [0.1, 0.15) is 40.2 Å². The molecule has 0 aliphatic carbocycles. The quantitative estimate of drug-likeness (QED) is 0.605. The number of fused-ring (bicyclic) bond motifs is 1. The summed E-state index contributed by atoms with van der Waals surface area (Å²) in [4.78, 5) is 21.1. The van der Waals surface area contributed by atoms with Crippen LogP contribution in [0.4, 0.5) is 0 Å². The lowest BCUT2D eigenvalue weighted by molar-refractivity contribution is 0.0809. The second-order valence-electron chi connectivity index (χ2n) is 7.10. The summed E-state index contributed by atoms with van der Waals surface area (Å²) in [5.41, 5.74) is 4.09. The van der Waals surface area contributed by atoms with E-state index in [0.29, 0.717) is 5.02 Å². The number of thiazole rings is 1. The summed E-state index contributed by atoms with van der Waals surface area (Å²) < 4.78 is 2.18. The number of carbonyl (C=O) groups excluding carboxylic acids is 1. The van der Waals surface area contributed by atoms with Crippen LogP contribution in [-0.2, 0) is 6.54 Å². The number of nitrogens with zero attached hydrogens (tertiary/aromatic N) is 3. The number of halogens is 1. The van der Waals surface area contributed by atoms with Crippen molar-refractivity contribution in [3.05, 3.63) is 57.3 Å². The van der Waals surface area contributed by atoms with Crippen molar-refractivity contribution in [2.45, 2.75) is 33.2 Å². The van der Waals surface area contributed by atoms with Crippen molar-refractivity contribution in [2.24, 2.45) is 5.92 Å². The number of imidazole rings is 1. The van der Waals surface area contributed by atoms with Gasteiger partial charge >= 0.3 is 0 Å². The van der Waals surface area contributed by atoms with Crippen LogP contribution in [0.15, 0.2) is 29.8 Å². The van der Waals surface area contributed by atoms with Gasteiger partial charge in [0.1, 0.15) is 0 Å². The summed E-state index contributed by atoms with van der Waals surface area (Å²) in [5, 5.41) is 2.75. The molecular formula is C20H22ClN3OS. The maximum absolute atomic E-state index is 13.0. The molecule has 0 N–H and O–H groups in total. The van der Waals surface area contributed by atoms with Gasteiger partial charge in [-0.15, -0.1) is 11.3 Å². The Morgan fingerprint density at radius 3 is 3.04 bits per heavy atom. The third-order valence-corrected chi connectivity index (χ3v) is 6.26. The second kappa shape index (κ2) is 7.14. The van der Waals surface area contributed by atoms with E-state index in [1.54, 1.807) is 11.3 Å². The van der Waals surface area contributed by atoms with Crippen LogP contribution >= 0.6 is 22.9 Å². The standard InChI is InChI=1S/C20H22ClN3OS/c1-13-10-16(21)5-6-17(13)19(25)15-4-3-7-23(11-15)12-18-14(2)22-20-24(18)8-9-26-20/h5-6,8-10,15H,3-4,7,11-12H2,1-2H3/t15-/m0/s1. The Morgan fingerprint density at radius 1 is 1.38 bits per heavy atom. The summed E-state index contributed by atoms with van der Waals surface area (Å²) in [6.45, 7) is 6.70. The molecular weight excluding hydrogens is 366 g/mol. The van der Waals surface area contributed by atoms with Gasteiger partial charge < -0.3 is 0 Å². The Hall–Kier alpha value is -1.69. The molecule has 26 heavy (non-hydrogen) atoms. The molecule has 6 heteroatoms. The van der Waals surface area contributed by atoms with Crippen molar-refractivity contribution in [1.82, 2.24) is 14.3 Å². The zero-order valence-electron chi connectivity index (χ0n) is 15.0. The normalized spacial score (nSPS) is 18.5. The van der Waals surface area contributed by atoms with Gasteiger partial charge in [-0.3, -0.25) is 14.1 Å². The first-order chi connectivity index (χ1) is 12.5. The van der Waals surface area contributed by atoms with Crippen molar-refractivity contribution in [3.8, 4) is 0 Å². The number of aromatic nitrogens is 2. The summed E-state index contributed by atoms with van der Waals surface area (Å²) in [6.07, 6.45) is 4.09. The first kappa shape index (κ1) is 17.7. The Bertz CT molecular complexity index is 961. The van der Waals surface area contributed by atoms with E-state index < -0.39 is 0 Å². The lowest BCUT2D eigenvalue weighted by Gasteiger charge is -2.32. The van der Waals surface area contributed by atoms with E-state index in [1.165, 1.54) is 5.69 Å². The van der Waals surface area contributed by atoms with E-state index in [2.05, 4.69) is 32.8 Å². The van der Waals surface area contributed by atoms with E-state index in [9.17, 15) is 4.79 Å². The predicted molar refractivity (Wildman–Crippen MR) is 106 cm³/mol. The van der Waals surface area contributed by atoms with E-state index >= 15 is 0 Å². The maximum Gasteiger partial charge on any atom is 0.194 e. The minimum Gasteiger partial charge on any atom is -0.297 e. The molecule has 1 fully saturated rings. The molecule has 0 radical (unpaired) electrons. The van der Waals surface area contributed by atoms with Crippen molar-refractivity contribution >= 4 is 33.7 Å². The van der Waals surface area contributed by atoms with Crippen LogP contribution in [0, 0.1) is 19.8 Å². The van der Waals surface area contributed by atoms with Gasteiger partial charge in [-0.05, 0) is 57.0 Å². The Kier molecular flexibility index (Phi) is 4.86. The van der Waals surface area contributed by atoms with Crippen molar-refractivity contribution < 1.29 is 4.79 Å². The number of likely N-dealkylation sites (tertiary alicyclic amines) is 1. The first-order valence-corrected chi connectivity index (χ1v) is 10.2. The van der Waals surface area contributed by atoms with Gasteiger partial charge in [0.25, 0.3) is 0 Å². The summed E-state index contributed by atoms with van der Waals surface area (Å²) in [7, 11) is 0. The van der Waals surface area contributed by atoms with Crippen molar-refractivity contribution in [2.75, 3.05) is 13.1 Å². The topological polar surface area (TPSA) is 37.6 Å². The van der Waals surface area contributed by atoms with Gasteiger partial charge in [0, 0.05) is 41.2 Å². The van der Waals surface area contributed by atoms with Gasteiger partial charge in [0.05, 0.1) is 11.4 Å². The minimum atomic E-state index is 0.0508. The SMILES string of the molecule is Cc1cc(Cl)ccc1C(=O)[C@H]1CCCN(Cc2c(C)nc3sccn23)C1. The van der Waals surface area contributed by atoms with Crippen molar-refractivity contribution in [3.63, 3.8) is 0 Å². The van der Waals surface area contributed by atoms with E-state index in [0.717, 1.165) is 54.3 Å². The minimum absolute atomic E-state index is 0.0508. The number of carbonyl (C=O) groups is 1. The number of aryl methyl sites for hydroxylation is 2. The molecule has 136 valence electrons. The second-order valence-corrected chi connectivity index (χ2v) is 8.41. The summed E-state index contributed by atoms with van der Waals surface area (Å²) in [5.74, 6) is 0.296. The van der Waals surface area contributed by atoms with E-state index in [1.807, 2.05) is 25.1 Å². The number of hydrogen-bond acceptors (Lipinski definition) is 4. The van der Waals surface area contributed by atoms with Crippen molar-refractivity contribution in [1.29, 1.82) is 0 Å². The highest BCUT2D eigenvalue weighted by molar-refractivity contribution is 7.15. The lowest BCUT2D eigenvalue weighted by atomic mass is 9.88. The molecule has 2 aromatic heterocycles. The Balaban J connectivity index is 1.51. The fourth-order valence-electron chi connectivity index (χ4n) is 3.88. The molecule has 1 aliphatic rings. The van der Waals surface area contributed by atoms with Crippen LogP contribution in [0.2, 0.25) is 5.02 Å². The monoisotopic (exact) mass is 387 g/mol. The average Bonchev–Trinajstić information content (AvgIpc) is 3.17. The summed E-state index contributed by atoms with van der Waals surface area (Å²) >= 11 is 7.69. The maximum atomic E-state index is 13.0. The molecule has 0 amide bonds. The number of Topliss-reactive ketones (excluding diaryl/α,β-unsaturated/α-hetero) is 1. The highest BCUT2D eigenvalue weighted by Crippen LogP contribution is 2.26. The fourth-order valence-corrected chi connectivity index (χ4v) is 4.88. The van der Waals surface area contributed by atoms with Gasteiger partial charge in [-0.2, -0.15) is 0 Å². The number of piperidine rings is 1. The molecule has 0 bridgehead atoms. The molecule has 1 atom stereocenters. The molecule has 1 aliphatic heterocycles. The zero-order chi connectivity index (χ0) is 18.3. The summed E-state index contributed by atoms with van der Waals surface area (Å²) in [6, 6.07) is 5.55. The highest BCUT2D eigenvalue weighted by Gasteiger charge is 2.28. The fraction of sp³-hybridized carbons (Fsp3) is 0.400. The van der Waals surface area contributed by atoms with Gasteiger partial charge in [0.2, 0.25) is 0 Å². The molecule has 0 spiro atoms. The van der Waals surface area contributed by atoms with Gasteiger partial charge in [-0.25, -0.2) is 4.98 Å². The highest BCUT2D eigenvalue weighted by atomic mass is 35.5. The molecule has 4 nitrogen and oxygen atoms in total. The number of rotatable bonds is 4. The Morgan fingerprint density at radius 2 is 2.23 bits per heavy atom. The zero-order valence-corrected chi connectivity index (χ0v) is 16.6. The van der Waals surface area contributed by atoms with Crippen LogP contribution in [-0.4, -0.2) is 33.2 Å². The number of hydrogen-bond donors (Lipinski definition) is 0. The third kappa shape index (κ3) is 3.31. The first-order valence-electron chi connectivity index (χ1n) is 8.96. The van der Waals surface area contributed by atoms with Gasteiger partial charge in [-0.1, -0.05) is 11.6 Å². The molecule has 3 aromatic rings. The molecule has 4 rings (SSSR count). The number of benzene rings is 1. The van der Waals surface area contributed by atoms with Crippen LogP contribution < -0.4 is 0 Å². The number of ketones is 1. The largest absolute Gasteiger partial charge is 0.297 e.